The highest BCUT2D eigenvalue weighted by molar-refractivity contribution is 6.33. The van der Waals surface area contributed by atoms with Crippen LogP contribution < -0.4 is 5.32 Å². The van der Waals surface area contributed by atoms with Crippen LogP contribution in [0.5, 0.6) is 0 Å². The molecule has 0 amide bonds. The van der Waals surface area contributed by atoms with E-state index in [2.05, 4.69) is 37.1 Å². The molecule has 0 atom stereocenters. The Morgan fingerprint density at radius 1 is 1.47 bits per heavy atom. The van der Waals surface area contributed by atoms with E-state index in [0.717, 1.165) is 23.7 Å². The summed E-state index contributed by atoms with van der Waals surface area (Å²) in [7, 11) is 0. The molecular weight excluding hydrogens is 232 g/mol. The number of nitrogens with zero attached hydrogens (tertiary/aromatic N) is 1. The molecule has 0 radical (unpaired) electrons. The molecule has 1 aliphatic carbocycles. The van der Waals surface area contributed by atoms with Gasteiger partial charge in [-0.2, -0.15) is 0 Å². The first-order chi connectivity index (χ1) is 8.04. The Kier molecular flexibility index (Phi) is 3.62. The molecule has 1 fully saturated rings. The maximum atomic E-state index is 6.48. The lowest BCUT2D eigenvalue weighted by atomic mass is 9.81. The molecule has 0 bridgehead atoms. The van der Waals surface area contributed by atoms with Crippen molar-refractivity contribution >= 4 is 17.4 Å². The normalized spacial score (nSPS) is 16.0. The van der Waals surface area contributed by atoms with Crippen molar-refractivity contribution in [2.24, 2.45) is 0 Å². The fraction of sp³-hybridized carbons (Fsp3) is 0.643. The van der Waals surface area contributed by atoms with Gasteiger partial charge < -0.3 is 5.32 Å². The molecule has 1 saturated carbocycles. The van der Waals surface area contributed by atoms with Gasteiger partial charge in [-0.3, -0.25) is 0 Å². The summed E-state index contributed by atoms with van der Waals surface area (Å²) in [6.07, 6.45) is 6.64. The Labute approximate surface area is 109 Å². The number of nitrogens with one attached hydrogen (secondary N) is 1. The molecule has 0 unspecified atom stereocenters. The van der Waals surface area contributed by atoms with Crippen molar-refractivity contribution in [1.82, 2.24) is 4.98 Å². The molecule has 94 valence electrons. The summed E-state index contributed by atoms with van der Waals surface area (Å²) < 4.78 is 0. The third-order valence-electron chi connectivity index (χ3n) is 3.41. The minimum Gasteiger partial charge on any atom is -0.366 e. The Bertz CT molecular complexity index is 397. The van der Waals surface area contributed by atoms with Gasteiger partial charge in [-0.1, -0.05) is 38.8 Å². The molecule has 0 aliphatic heterocycles. The van der Waals surface area contributed by atoms with Crippen LogP contribution in [0, 0.1) is 0 Å². The number of halogens is 1. The van der Waals surface area contributed by atoms with E-state index < -0.39 is 0 Å². The van der Waals surface area contributed by atoms with Gasteiger partial charge in [0, 0.05) is 12.2 Å². The van der Waals surface area contributed by atoms with Crippen LogP contribution in [0.3, 0.4) is 0 Å². The predicted octanol–water partition coefficient (Wildman–Crippen LogP) is 4.39. The molecule has 3 heteroatoms. The molecule has 1 N–H and O–H groups in total. The fourth-order valence-corrected chi connectivity index (χ4v) is 2.67. The van der Waals surface area contributed by atoms with E-state index in [0.29, 0.717) is 6.04 Å². The van der Waals surface area contributed by atoms with Crippen LogP contribution in [0.15, 0.2) is 12.3 Å². The zero-order valence-electron chi connectivity index (χ0n) is 10.9. The summed E-state index contributed by atoms with van der Waals surface area (Å²) >= 11 is 6.48. The predicted molar refractivity (Wildman–Crippen MR) is 73.8 cm³/mol. The standard InChI is InChI=1S/C14H21ClN2/c1-4-8-14(2,3)11-7-9-16-13(12(11)15)17-10-5-6-10/h7,9-10H,4-6,8H2,1-3H3,(H,16,17). The van der Waals surface area contributed by atoms with Crippen LogP contribution in [0.1, 0.15) is 52.0 Å². The van der Waals surface area contributed by atoms with Crippen LogP contribution in [0.2, 0.25) is 5.02 Å². The monoisotopic (exact) mass is 252 g/mol. The highest BCUT2D eigenvalue weighted by Gasteiger charge is 2.27. The van der Waals surface area contributed by atoms with Gasteiger partial charge in [0.15, 0.2) is 0 Å². The second-order valence-corrected chi connectivity index (χ2v) is 5.95. The summed E-state index contributed by atoms with van der Waals surface area (Å²) in [5.41, 5.74) is 1.33. The molecular formula is C14H21ClN2. The van der Waals surface area contributed by atoms with Crippen LogP contribution in [-0.2, 0) is 5.41 Å². The van der Waals surface area contributed by atoms with E-state index in [1.165, 1.54) is 18.4 Å². The molecule has 1 aromatic rings. The van der Waals surface area contributed by atoms with Gasteiger partial charge in [-0.05, 0) is 36.3 Å². The van der Waals surface area contributed by atoms with Crippen molar-refractivity contribution in [2.75, 3.05) is 5.32 Å². The third-order valence-corrected chi connectivity index (χ3v) is 3.79. The molecule has 2 rings (SSSR count). The first-order valence-corrected chi connectivity index (χ1v) is 6.84. The molecule has 1 aromatic heterocycles. The average molecular weight is 253 g/mol. The van der Waals surface area contributed by atoms with Gasteiger partial charge in [0.25, 0.3) is 0 Å². The Hall–Kier alpha value is -0.760. The lowest BCUT2D eigenvalue weighted by molar-refractivity contribution is 0.473. The van der Waals surface area contributed by atoms with Crippen molar-refractivity contribution in [3.63, 3.8) is 0 Å². The highest BCUT2D eigenvalue weighted by atomic mass is 35.5. The lowest BCUT2D eigenvalue weighted by Crippen LogP contribution is -2.18. The number of hydrogen-bond donors (Lipinski definition) is 1. The van der Waals surface area contributed by atoms with Crippen LogP contribution in [-0.4, -0.2) is 11.0 Å². The van der Waals surface area contributed by atoms with Crippen molar-refractivity contribution in [1.29, 1.82) is 0 Å². The van der Waals surface area contributed by atoms with Crippen LogP contribution >= 0.6 is 11.6 Å². The average Bonchev–Trinajstić information content (AvgIpc) is 3.04. The number of pyridine rings is 1. The maximum absolute atomic E-state index is 6.48. The van der Waals surface area contributed by atoms with Crippen molar-refractivity contribution in [2.45, 2.75) is 57.9 Å². The molecule has 0 aromatic carbocycles. The first kappa shape index (κ1) is 12.7. The summed E-state index contributed by atoms with van der Waals surface area (Å²) in [5, 5.41) is 4.20. The Morgan fingerprint density at radius 2 is 2.18 bits per heavy atom. The van der Waals surface area contributed by atoms with Gasteiger partial charge >= 0.3 is 0 Å². The van der Waals surface area contributed by atoms with E-state index in [-0.39, 0.29) is 5.41 Å². The van der Waals surface area contributed by atoms with Crippen LogP contribution in [0.25, 0.3) is 0 Å². The second kappa shape index (κ2) is 4.85. The molecule has 0 spiro atoms. The van der Waals surface area contributed by atoms with Gasteiger partial charge in [0.1, 0.15) is 5.82 Å². The van der Waals surface area contributed by atoms with E-state index >= 15 is 0 Å². The van der Waals surface area contributed by atoms with E-state index in [1.54, 1.807) is 0 Å². The second-order valence-electron chi connectivity index (χ2n) is 5.57. The number of hydrogen-bond acceptors (Lipinski definition) is 2. The summed E-state index contributed by atoms with van der Waals surface area (Å²) in [6, 6.07) is 2.64. The Balaban J connectivity index is 2.27. The van der Waals surface area contributed by atoms with Gasteiger partial charge in [-0.25, -0.2) is 4.98 Å². The summed E-state index contributed by atoms with van der Waals surface area (Å²) in [6.45, 7) is 6.71. The van der Waals surface area contributed by atoms with Gasteiger partial charge in [0.05, 0.1) is 5.02 Å². The number of aromatic nitrogens is 1. The zero-order chi connectivity index (χ0) is 12.5. The van der Waals surface area contributed by atoms with Gasteiger partial charge in [-0.15, -0.1) is 0 Å². The van der Waals surface area contributed by atoms with E-state index in [1.807, 2.05) is 6.20 Å². The van der Waals surface area contributed by atoms with Crippen LogP contribution in [0.4, 0.5) is 5.82 Å². The number of anilines is 1. The fourth-order valence-electron chi connectivity index (χ4n) is 2.25. The SMILES string of the molecule is CCCC(C)(C)c1ccnc(NC2CC2)c1Cl. The van der Waals surface area contributed by atoms with E-state index in [4.69, 9.17) is 11.6 Å². The number of rotatable bonds is 5. The Morgan fingerprint density at radius 3 is 2.76 bits per heavy atom. The molecule has 17 heavy (non-hydrogen) atoms. The smallest absolute Gasteiger partial charge is 0.145 e. The quantitative estimate of drug-likeness (QED) is 0.841. The highest BCUT2D eigenvalue weighted by Crippen LogP contribution is 2.37. The van der Waals surface area contributed by atoms with Gasteiger partial charge in [0.2, 0.25) is 0 Å². The molecule has 0 saturated heterocycles. The molecule has 1 heterocycles. The van der Waals surface area contributed by atoms with Crippen molar-refractivity contribution in [3.8, 4) is 0 Å². The van der Waals surface area contributed by atoms with Crippen molar-refractivity contribution in [3.05, 3.63) is 22.8 Å². The summed E-state index contributed by atoms with van der Waals surface area (Å²) in [4.78, 5) is 4.35. The first-order valence-electron chi connectivity index (χ1n) is 6.46. The molecule has 2 nitrogen and oxygen atoms in total. The maximum Gasteiger partial charge on any atom is 0.145 e. The van der Waals surface area contributed by atoms with E-state index in [9.17, 15) is 0 Å². The largest absolute Gasteiger partial charge is 0.366 e. The topological polar surface area (TPSA) is 24.9 Å². The summed E-state index contributed by atoms with van der Waals surface area (Å²) in [5.74, 6) is 0.857. The van der Waals surface area contributed by atoms with Crippen molar-refractivity contribution < 1.29 is 0 Å². The third kappa shape index (κ3) is 2.92. The minimum absolute atomic E-state index is 0.120. The molecule has 1 aliphatic rings. The zero-order valence-corrected chi connectivity index (χ0v) is 11.6. The minimum atomic E-state index is 0.120. The lowest BCUT2D eigenvalue weighted by Gasteiger charge is -2.26.